The molecule has 8 heteroatoms. The van der Waals surface area contributed by atoms with E-state index in [0.717, 1.165) is 18.9 Å². The van der Waals surface area contributed by atoms with Crippen molar-refractivity contribution < 1.29 is 14.3 Å². The molecule has 1 atom stereocenters. The third-order valence-electron chi connectivity index (χ3n) is 5.74. The molecule has 4 rings (SSSR count). The molecule has 0 aliphatic carbocycles. The Morgan fingerprint density at radius 3 is 2.67 bits per heavy atom. The molecule has 30 heavy (non-hydrogen) atoms. The van der Waals surface area contributed by atoms with Gasteiger partial charge in [0.15, 0.2) is 5.96 Å². The lowest BCUT2D eigenvalue weighted by atomic mass is 10.00. The molecule has 1 N–H and O–H groups in total. The van der Waals surface area contributed by atoms with Gasteiger partial charge in [0.1, 0.15) is 5.60 Å². The number of ether oxygens (including phenoxy) is 1. The van der Waals surface area contributed by atoms with E-state index in [1.54, 1.807) is 4.90 Å². The maximum Gasteiger partial charge on any atom is 0.410 e. The zero-order valence-electron chi connectivity index (χ0n) is 18.1. The van der Waals surface area contributed by atoms with Crippen molar-refractivity contribution in [3.05, 3.63) is 35.4 Å². The van der Waals surface area contributed by atoms with Crippen LogP contribution in [0, 0.1) is 0 Å². The molecule has 1 saturated heterocycles. The van der Waals surface area contributed by atoms with Crippen molar-refractivity contribution in [1.82, 2.24) is 20.0 Å². The smallest absolute Gasteiger partial charge is 0.410 e. The number of piperazine rings is 1. The van der Waals surface area contributed by atoms with Gasteiger partial charge in [-0.2, -0.15) is 0 Å². The number of carbonyl (C=O) groups excluding carboxylic acids is 2. The number of benzene rings is 1. The van der Waals surface area contributed by atoms with Crippen LogP contribution in [0.1, 0.15) is 31.9 Å². The first-order valence-electron chi connectivity index (χ1n) is 10.7. The Kier molecular flexibility index (Phi) is 5.58. The number of guanidine groups is 1. The molecule has 0 spiro atoms. The number of fused-ring (bicyclic) bond motifs is 2. The Hall–Kier alpha value is -2.77. The molecule has 162 valence electrons. The van der Waals surface area contributed by atoms with Crippen LogP contribution >= 0.6 is 0 Å². The predicted octanol–water partition coefficient (Wildman–Crippen LogP) is 1.45. The van der Waals surface area contributed by atoms with Crippen molar-refractivity contribution in [2.45, 2.75) is 45.4 Å². The van der Waals surface area contributed by atoms with Gasteiger partial charge in [0, 0.05) is 32.7 Å². The summed E-state index contributed by atoms with van der Waals surface area (Å²) in [5.41, 5.74) is 2.07. The van der Waals surface area contributed by atoms with E-state index in [0.29, 0.717) is 32.7 Å². The molecular formula is C22H31N5O3. The van der Waals surface area contributed by atoms with Crippen LogP contribution in [0.5, 0.6) is 0 Å². The average Bonchev–Trinajstić information content (AvgIpc) is 3.12. The number of hydrogen-bond donors (Lipinski definition) is 1. The zero-order valence-corrected chi connectivity index (χ0v) is 18.1. The van der Waals surface area contributed by atoms with Gasteiger partial charge in [-0.3, -0.25) is 9.79 Å². The summed E-state index contributed by atoms with van der Waals surface area (Å²) >= 11 is 0. The second kappa shape index (κ2) is 8.16. The fourth-order valence-electron chi connectivity index (χ4n) is 4.20. The highest BCUT2D eigenvalue weighted by Gasteiger charge is 2.36. The van der Waals surface area contributed by atoms with E-state index < -0.39 is 5.60 Å². The van der Waals surface area contributed by atoms with Crippen LogP contribution in [0.2, 0.25) is 0 Å². The first-order valence-corrected chi connectivity index (χ1v) is 10.7. The van der Waals surface area contributed by atoms with E-state index in [4.69, 9.17) is 4.74 Å². The Balaban J connectivity index is 1.26. The number of aliphatic imine (C=N–C) groups is 1. The summed E-state index contributed by atoms with van der Waals surface area (Å²) in [6.45, 7) is 9.75. The monoisotopic (exact) mass is 413 g/mol. The highest BCUT2D eigenvalue weighted by molar-refractivity contribution is 5.88. The van der Waals surface area contributed by atoms with Gasteiger partial charge in [0.2, 0.25) is 5.91 Å². The van der Waals surface area contributed by atoms with Gasteiger partial charge >= 0.3 is 6.09 Å². The number of nitrogens with one attached hydrogen (secondary N) is 1. The van der Waals surface area contributed by atoms with E-state index >= 15 is 0 Å². The van der Waals surface area contributed by atoms with Crippen LogP contribution < -0.4 is 5.32 Å². The standard InChI is InChI=1S/C22H31N5O3/c1-22(2,3)30-21(29)26-10-11-27-18(15-26)12-23-20(27)24-13-19(28)25-9-8-16-6-4-5-7-17(16)14-25/h4-7,18H,8-15H2,1-3H3,(H,23,24). The molecule has 3 aliphatic heterocycles. The summed E-state index contributed by atoms with van der Waals surface area (Å²) in [6, 6.07) is 8.44. The van der Waals surface area contributed by atoms with Crippen molar-refractivity contribution in [3.63, 3.8) is 0 Å². The maximum atomic E-state index is 12.7. The second-order valence-corrected chi connectivity index (χ2v) is 9.13. The molecule has 0 saturated carbocycles. The molecule has 0 aromatic heterocycles. The quantitative estimate of drug-likeness (QED) is 0.794. The molecule has 2 amide bonds. The summed E-state index contributed by atoms with van der Waals surface area (Å²) in [4.78, 5) is 35.5. The number of nitrogens with zero attached hydrogens (tertiary/aromatic N) is 4. The van der Waals surface area contributed by atoms with Gasteiger partial charge in [-0.1, -0.05) is 24.3 Å². The molecule has 1 fully saturated rings. The maximum absolute atomic E-state index is 12.7. The molecule has 0 radical (unpaired) electrons. The fraction of sp³-hybridized carbons (Fsp3) is 0.591. The summed E-state index contributed by atoms with van der Waals surface area (Å²) in [7, 11) is 0. The first-order chi connectivity index (χ1) is 14.3. The third kappa shape index (κ3) is 4.52. The minimum atomic E-state index is -0.498. The minimum Gasteiger partial charge on any atom is -0.444 e. The second-order valence-electron chi connectivity index (χ2n) is 9.13. The number of rotatable bonds is 2. The number of hydrogen-bond acceptors (Lipinski definition) is 6. The van der Waals surface area contributed by atoms with Gasteiger partial charge in [-0.25, -0.2) is 4.79 Å². The normalized spacial score (nSPS) is 21.0. The fourth-order valence-corrected chi connectivity index (χ4v) is 4.20. The molecule has 1 aromatic carbocycles. The highest BCUT2D eigenvalue weighted by Crippen LogP contribution is 2.20. The van der Waals surface area contributed by atoms with Crippen LogP contribution in [-0.2, 0) is 22.5 Å². The molecule has 8 nitrogen and oxygen atoms in total. The largest absolute Gasteiger partial charge is 0.444 e. The molecule has 1 aromatic rings. The van der Waals surface area contributed by atoms with Crippen molar-refractivity contribution in [2.75, 3.05) is 39.3 Å². The van der Waals surface area contributed by atoms with Crippen LogP contribution in [0.25, 0.3) is 0 Å². The van der Waals surface area contributed by atoms with Crippen molar-refractivity contribution >= 4 is 18.0 Å². The summed E-state index contributed by atoms with van der Waals surface area (Å²) in [6.07, 6.45) is 0.626. The van der Waals surface area contributed by atoms with E-state index in [-0.39, 0.29) is 24.6 Å². The van der Waals surface area contributed by atoms with Crippen molar-refractivity contribution in [1.29, 1.82) is 0 Å². The van der Waals surface area contributed by atoms with E-state index in [1.807, 2.05) is 31.7 Å². The topological polar surface area (TPSA) is 77.5 Å². The molecule has 0 bridgehead atoms. The Labute approximate surface area is 177 Å². The molecule has 3 aliphatic rings. The molecule has 1 unspecified atom stereocenters. The van der Waals surface area contributed by atoms with Crippen LogP contribution in [0.4, 0.5) is 4.79 Å². The number of amides is 2. The van der Waals surface area contributed by atoms with Gasteiger partial charge < -0.3 is 24.8 Å². The van der Waals surface area contributed by atoms with E-state index in [2.05, 4.69) is 33.4 Å². The Bertz CT molecular complexity index is 847. The SMILES string of the molecule is CC(C)(C)OC(=O)N1CCN2C(NCC(=O)N3CCc4ccccc4C3)=NCC2C1. The summed E-state index contributed by atoms with van der Waals surface area (Å²) in [5, 5.41) is 3.23. The molecule has 3 heterocycles. The summed E-state index contributed by atoms with van der Waals surface area (Å²) in [5.74, 6) is 0.845. The Morgan fingerprint density at radius 1 is 1.13 bits per heavy atom. The van der Waals surface area contributed by atoms with Crippen LogP contribution in [-0.4, -0.2) is 83.6 Å². The van der Waals surface area contributed by atoms with Gasteiger partial charge in [-0.05, 0) is 38.3 Å². The zero-order chi connectivity index (χ0) is 21.3. The van der Waals surface area contributed by atoms with Gasteiger partial charge in [0.25, 0.3) is 0 Å². The highest BCUT2D eigenvalue weighted by atomic mass is 16.6. The van der Waals surface area contributed by atoms with Crippen molar-refractivity contribution in [2.24, 2.45) is 4.99 Å². The van der Waals surface area contributed by atoms with Crippen LogP contribution in [0.3, 0.4) is 0 Å². The lowest BCUT2D eigenvalue weighted by molar-refractivity contribution is -0.130. The average molecular weight is 414 g/mol. The predicted molar refractivity (Wildman–Crippen MR) is 114 cm³/mol. The van der Waals surface area contributed by atoms with Crippen LogP contribution in [0.15, 0.2) is 29.3 Å². The summed E-state index contributed by atoms with van der Waals surface area (Å²) < 4.78 is 5.49. The lowest BCUT2D eigenvalue weighted by Crippen LogP contribution is -2.58. The van der Waals surface area contributed by atoms with E-state index in [9.17, 15) is 9.59 Å². The number of carbonyl (C=O) groups is 2. The Morgan fingerprint density at radius 2 is 1.90 bits per heavy atom. The van der Waals surface area contributed by atoms with E-state index in [1.165, 1.54) is 11.1 Å². The molecular weight excluding hydrogens is 382 g/mol. The van der Waals surface area contributed by atoms with Gasteiger partial charge in [0.05, 0.1) is 19.1 Å². The lowest BCUT2D eigenvalue weighted by Gasteiger charge is -2.39. The third-order valence-corrected chi connectivity index (χ3v) is 5.74. The van der Waals surface area contributed by atoms with Gasteiger partial charge in [-0.15, -0.1) is 0 Å². The first kappa shape index (κ1) is 20.5. The van der Waals surface area contributed by atoms with Crippen molar-refractivity contribution in [3.8, 4) is 0 Å². The minimum absolute atomic E-state index is 0.0862.